The number of nitrogens with two attached hydrogens (primary N) is 1. The van der Waals surface area contributed by atoms with Crippen molar-refractivity contribution >= 4 is 34.5 Å². The van der Waals surface area contributed by atoms with E-state index in [2.05, 4.69) is 29.2 Å². The number of fused-ring (bicyclic) bond motifs is 1. The maximum atomic E-state index is 6.41. The van der Waals surface area contributed by atoms with Crippen molar-refractivity contribution in [3.63, 3.8) is 0 Å². The van der Waals surface area contributed by atoms with Gasteiger partial charge in [-0.05, 0) is 42.2 Å². The number of rotatable bonds is 2. The summed E-state index contributed by atoms with van der Waals surface area (Å²) in [5.74, 6) is 0. The van der Waals surface area contributed by atoms with Crippen LogP contribution in [0.4, 0.5) is 5.69 Å². The van der Waals surface area contributed by atoms with Crippen LogP contribution in [0, 0.1) is 0 Å². The van der Waals surface area contributed by atoms with Gasteiger partial charge in [-0.3, -0.25) is 0 Å². The van der Waals surface area contributed by atoms with Gasteiger partial charge in [-0.15, -0.1) is 0 Å². The van der Waals surface area contributed by atoms with Crippen LogP contribution >= 0.6 is 23.8 Å². The Morgan fingerprint density at radius 2 is 1.67 bits per heavy atom. The van der Waals surface area contributed by atoms with Crippen molar-refractivity contribution in [2.45, 2.75) is 12.8 Å². The van der Waals surface area contributed by atoms with Gasteiger partial charge in [-0.2, -0.15) is 0 Å². The Kier molecular flexibility index (Phi) is 4.13. The molecule has 0 aliphatic carbocycles. The van der Waals surface area contributed by atoms with Gasteiger partial charge in [0.15, 0.2) is 0 Å². The van der Waals surface area contributed by atoms with Crippen LogP contribution in [-0.4, -0.2) is 18.1 Å². The van der Waals surface area contributed by atoms with Crippen molar-refractivity contribution in [1.82, 2.24) is 0 Å². The highest BCUT2D eigenvalue weighted by Crippen LogP contribution is 2.29. The molecule has 0 unspecified atom stereocenters. The lowest BCUT2D eigenvalue weighted by molar-refractivity contribution is 0.806. The summed E-state index contributed by atoms with van der Waals surface area (Å²) >= 11 is 11.4. The Morgan fingerprint density at radius 3 is 2.19 bits per heavy atom. The average molecular weight is 317 g/mol. The quantitative estimate of drug-likeness (QED) is 0.859. The molecule has 1 heterocycles. The molecule has 2 nitrogen and oxygen atoms in total. The smallest absolute Gasteiger partial charge is 0.104 e. The fourth-order valence-corrected chi connectivity index (χ4v) is 3.25. The van der Waals surface area contributed by atoms with Gasteiger partial charge in [0.1, 0.15) is 4.99 Å². The van der Waals surface area contributed by atoms with E-state index in [9.17, 15) is 0 Å². The zero-order valence-corrected chi connectivity index (χ0v) is 13.3. The highest BCUT2D eigenvalue weighted by atomic mass is 35.5. The molecule has 1 aliphatic heterocycles. The summed E-state index contributed by atoms with van der Waals surface area (Å²) in [5.41, 5.74) is 10.4. The van der Waals surface area contributed by atoms with Gasteiger partial charge < -0.3 is 10.6 Å². The molecule has 2 N–H and O–H groups in total. The third-order valence-corrected chi connectivity index (χ3v) is 4.53. The lowest BCUT2D eigenvalue weighted by Gasteiger charge is -2.24. The Labute approximate surface area is 135 Å². The van der Waals surface area contributed by atoms with Crippen LogP contribution in [-0.2, 0) is 12.8 Å². The summed E-state index contributed by atoms with van der Waals surface area (Å²) in [4.78, 5) is 2.72. The Morgan fingerprint density at radius 1 is 1.05 bits per heavy atom. The van der Waals surface area contributed by atoms with Crippen molar-refractivity contribution in [3.05, 3.63) is 64.2 Å². The van der Waals surface area contributed by atoms with E-state index >= 15 is 0 Å². The lowest BCUT2D eigenvalue weighted by atomic mass is 10.0. The number of nitrogens with zero attached hydrogens (tertiary/aromatic N) is 1. The maximum Gasteiger partial charge on any atom is 0.104 e. The molecule has 0 atom stereocenters. The second kappa shape index (κ2) is 6.04. The number of thiocarbonyl (C=S) groups is 1. The third-order valence-electron chi connectivity index (χ3n) is 3.99. The van der Waals surface area contributed by atoms with Crippen LogP contribution in [0.1, 0.15) is 16.7 Å². The van der Waals surface area contributed by atoms with Gasteiger partial charge in [-0.1, -0.05) is 48.1 Å². The van der Waals surface area contributed by atoms with E-state index in [0.29, 0.717) is 10.0 Å². The van der Waals surface area contributed by atoms with Crippen LogP contribution in [0.3, 0.4) is 0 Å². The molecular weight excluding hydrogens is 300 g/mol. The molecule has 0 spiro atoms. The lowest BCUT2D eigenvalue weighted by Crippen LogP contribution is -2.26. The monoisotopic (exact) mass is 316 g/mol. The van der Waals surface area contributed by atoms with E-state index in [4.69, 9.17) is 29.6 Å². The first-order chi connectivity index (χ1) is 10.1. The molecule has 0 radical (unpaired) electrons. The fourth-order valence-electron chi connectivity index (χ4n) is 2.83. The number of anilines is 1. The molecule has 21 heavy (non-hydrogen) atoms. The van der Waals surface area contributed by atoms with Crippen LogP contribution in [0.15, 0.2) is 42.5 Å². The van der Waals surface area contributed by atoms with Crippen LogP contribution in [0.2, 0.25) is 5.02 Å². The van der Waals surface area contributed by atoms with E-state index in [-0.39, 0.29) is 0 Å². The minimum atomic E-state index is 0.381. The summed E-state index contributed by atoms with van der Waals surface area (Å²) < 4.78 is 0. The van der Waals surface area contributed by atoms with E-state index in [1.54, 1.807) is 0 Å². The Hall–Kier alpha value is -1.58. The van der Waals surface area contributed by atoms with E-state index in [1.165, 1.54) is 11.1 Å². The molecule has 0 amide bonds. The fraction of sp³-hybridized carbons (Fsp3) is 0.235. The van der Waals surface area contributed by atoms with E-state index < -0.39 is 0 Å². The van der Waals surface area contributed by atoms with Gasteiger partial charge in [0, 0.05) is 18.7 Å². The van der Waals surface area contributed by atoms with Crippen molar-refractivity contribution in [3.8, 4) is 0 Å². The SMILES string of the molecule is NC(=S)c1ccc(N2CCc3ccccc3CC2)c(Cl)c1. The van der Waals surface area contributed by atoms with Crippen LogP contribution < -0.4 is 10.6 Å². The zero-order valence-electron chi connectivity index (χ0n) is 11.7. The van der Waals surface area contributed by atoms with E-state index in [0.717, 1.165) is 37.2 Å². The number of halogens is 1. The minimum Gasteiger partial charge on any atom is -0.389 e. The number of benzene rings is 2. The average Bonchev–Trinajstić information content (AvgIpc) is 2.70. The summed E-state index contributed by atoms with van der Waals surface area (Å²) in [6, 6.07) is 14.5. The van der Waals surface area contributed by atoms with Crippen molar-refractivity contribution in [2.24, 2.45) is 5.73 Å². The molecule has 4 heteroatoms. The molecule has 1 aliphatic rings. The predicted octanol–water partition coefficient (Wildman–Crippen LogP) is 3.58. The Balaban J connectivity index is 1.84. The predicted molar refractivity (Wildman–Crippen MR) is 93.4 cm³/mol. The normalized spacial score (nSPS) is 14.4. The largest absolute Gasteiger partial charge is 0.389 e. The first kappa shape index (κ1) is 14.4. The third kappa shape index (κ3) is 3.04. The zero-order chi connectivity index (χ0) is 14.8. The van der Waals surface area contributed by atoms with Gasteiger partial charge in [0.25, 0.3) is 0 Å². The molecule has 3 rings (SSSR count). The molecule has 0 bridgehead atoms. The molecule has 2 aromatic carbocycles. The number of hydrogen-bond donors (Lipinski definition) is 1. The van der Waals surface area contributed by atoms with Gasteiger partial charge in [0.05, 0.1) is 10.7 Å². The molecule has 108 valence electrons. The van der Waals surface area contributed by atoms with Crippen LogP contribution in [0.25, 0.3) is 0 Å². The second-order valence-electron chi connectivity index (χ2n) is 5.29. The molecule has 0 saturated carbocycles. The summed E-state index contributed by atoms with van der Waals surface area (Å²) in [7, 11) is 0. The molecule has 0 aromatic heterocycles. The van der Waals surface area contributed by atoms with Crippen molar-refractivity contribution in [2.75, 3.05) is 18.0 Å². The van der Waals surface area contributed by atoms with Crippen molar-refractivity contribution < 1.29 is 0 Å². The first-order valence-corrected chi connectivity index (χ1v) is 7.85. The summed E-state index contributed by atoms with van der Waals surface area (Å²) in [6.07, 6.45) is 2.09. The van der Waals surface area contributed by atoms with E-state index in [1.807, 2.05) is 18.2 Å². The Bertz CT molecular complexity index is 657. The van der Waals surface area contributed by atoms with Crippen LogP contribution in [0.5, 0.6) is 0 Å². The molecule has 0 saturated heterocycles. The topological polar surface area (TPSA) is 29.3 Å². The molecule has 2 aromatic rings. The van der Waals surface area contributed by atoms with Gasteiger partial charge in [0.2, 0.25) is 0 Å². The summed E-state index contributed by atoms with van der Waals surface area (Å²) in [6.45, 7) is 1.95. The van der Waals surface area contributed by atoms with Crippen molar-refractivity contribution in [1.29, 1.82) is 0 Å². The standard InChI is InChI=1S/C17H17ClN2S/c18-15-11-14(17(19)21)5-6-16(15)20-9-7-12-3-1-2-4-13(12)8-10-20/h1-6,11H,7-10H2,(H2,19,21). The highest BCUT2D eigenvalue weighted by molar-refractivity contribution is 7.80. The highest BCUT2D eigenvalue weighted by Gasteiger charge is 2.16. The summed E-state index contributed by atoms with van der Waals surface area (Å²) in [5, 5.41) is 0.714. The van der Waals surface area contributed by atoms with Gasteiger partial charge in [-0.25, -0.2) is 0 Å². The minimum absolute atomic E-state index is 0.381. The molecule has 0 fully saturated rings. The number of hydrogen-bond acceptors (Lipinski definition) is 2. The second-order valence-corrected chi connectivity index (χ2v) is 6.13. The van der Waals surface area contributed by atoms with Gasteiger partial charge >= 0.3 is 0 Å². The maximum absolute atomic E-state index is 6.41. The first-order valence-electron chi connectivity index (χ1n) is 7.06. The molecular formula is C17H17ClN2S.